The highest BCUT2D eigenvalue weighted by atomic mass is 16.4. The van der Waals surface area contributed by atoms with Gasteiger partial charge in [0, 0.05) is 5.92 Å². The van der Waals surface area contributed by atoms with E-state index in [9.17, 15) is 9.59 Å². The zero-order valence-corrected chi connectivity index (χ0v) is 9.43. The van der Waals surface area contributed by atoms with Crippen LogP contribution in [-0.4, -0.2) is 17.0 Å². The van der Waals surface area contributed by atoms with Crippen molar-refractivity contribution in [3.8, 4) is 0 Å². The number of amides is 1. The number of carbonyl (C=O) groups excluding carboxylic acids is 1. The van der Waals surface area contributed by atoms with Crippen LogP contribution in [-0.2, 0) is 9.59 Å². The fourth-order valence-corrected chi connectivity index (χ4v) is 1.86. The van der Waals surface area contributed by atoms with Gasteiger partial charge in [0.15, 0.2) is 6.04 Å². The smallest absolute Gasteiger partial charge is 0.330 e. The van der Waals surface area contributed by atoms with Crippen molar-refractivity contribution >= 4 is 11.9 Å². The van der Waals surface area contributed by atoms with Gasteiger partial charge in [-0.3, -0.25) is 4.79 Å². The number of rotatable bonds is 4. The molecule has 1 aliphatic carbocycles. The second-order valence-corrected chi connectivity index (χ2v) is 4.32. The molecule has 1 saturated carbocycles. The summed E-state index contributed by atoms with van der Waals surface area (Å²) in [7, 11) is 0. The second kappa shape index (κ2) is 4.99. The van der Waals surface area contributed by atoms with E-state index in [1.807, 2.05) is 6.07 Å². The molecule has 1 aromatic rings. The first-order valence-electron chi connectivity index (χ1n) is 5.76. The average Bonchev–Trinajstić information content (AvgIpc) is 2.24. The number of hydrogen-bond donors (Lipinski definition) is 2. The highest BCUT2D eigenvalue weighted by Gasteiger charge is 2.29. The van der Waals surface area contributed by atoms with E-state index in [-0.39, 0.29) is 11.8 Å². The third-order valence-electron chi connectivity index (χ3n) is 3.14. The Kier molecular flexibility index (Phi) is 3.42. The van der Waals surface area contributed by atoms with Gasteiger partial charge in [-0.1, -0.05) is 36.8 Å². The minimum atomic E-state index is -1.02. The normalized spacial score (nSPS) is 16.9. The van der Waals surface area contributed by atoms with Crippen molar-refractivity contribution in [2.45, 2.75) is 25.3 Å². The van der Waals surface area contributed by atoms with Crippen LogP contribution in [0.4, 0.5) is 0 Å². The van der Waals surface area contributed by atoms with Crippen molar-refractivity contribution in [1.29, 1.82) is 0 Å². The van der Waals surface area contributed by atoms with E-state index in [1.54, 1.807) is 24.3 Å². The molecule has 2 N–H and O–H groups in total. The average molecular weight is 233 g/mol. The van der Waals surface area contributed by atoms with Gasteiger partial charge in [-0.25, -0.2) is 4.79 Å². The van der Waals surface area contributed by atoms with Gasteiger partial charge < -0.3 is 10.4 Å². The number of carbonyl (C=O) groups is 2. The summed E-state index contributed by atoms with van der Waals surface area (Å²) in [4.78, 5) is 22.9. The Labute approximate surface area is 99.6 Å². The summed E-state index contributed by atoms with van der Waals surface area (Å²) in [5, 5.41) is 11.7. The van der Waals surface area contributed by atoms with Crippen LogP contribution in [0, 0.1) is 5.92 Å². The zero-order valence-electron chi connectivity index (χ0n) is 9.43. The Balaban J connectivity index is 2.07. The molecule has 1 aromatic carbocycles. The van der Waals surface area contributed by atoms with Crippen molar-refractivity contribution in [3.63, 3.8) is 0 Å². The van der Waals surface area contributed by atoms with Crippen molar-refractivity contribution in [1.82, 2.24) is 5.32 Å². The van der Waals surface area contributed by atoms with Crippen molar-refractivity contribution in [3.05, 3.63) is 35.9 Å². The van der Waals surface area contributed by atoms with E-state index >= 15 is 0 Å². The monoisotopic (exact) mass is 233 g/mol. The Morgan fingerprint density at radius 2 is 1.88 bits per heavy atom. The maximum absolute atomic E-state index is 11.7. The molecule has 0 bridgehead atoms. The van der Waals surface area contributed by atoms with Crippen LogP contribution in [0.5, 0.6) is 0 Å². The quantitative estimate of drug-likeness (QED) is 0.832. The number of benzene rings is 1. The van der Waals surface area contributed by atoms with Gasteiger partial charge in [-0.2, -0.15) is 0 Å². The molecule has 0 radical (unpaired) electrons. The van der Waals surface area contributed by atoms with E-state index in [4.69, 9.17) is 5.11 Å². The van der Waals surface area contributed by atoms with E-state index in [0.29, 0.717) is 5.56 Å². The molecule has 1 unspecified atom stereocenters. The second-order valence-electron chi connectivity index (χ2n) is 4.32. The van der Waals surface area contributed by atoms with Crippen LogP contribution in [0.3, 0.4) is 0 Å². The van der Waals surface area contributed by atoms with Crippen molar-refractivity contribution < 1.29 is 14.7 Å². The lowest BCUT2D eigenvalue weighted by Gasteiger charge is -2.26. The molecule has 4 nitrogen and oxygen atoms in total. The molecule has 1 fully saturated rings. The third kappa shape index (κ3) is 2.64. The summed E-state index contributed by atoms with van der Waals surface area (Å²) in [6.07, 6.45) is 2.79. The summed E-state index contributed by atoms with van der Waals surface area (Å²) in [6.45, 7) is 0. The number of nitrogens with one attached hydrogen (secondary N) is 1. The topological polar surface area (TPSA) is 66.4 Å². The highest BCUT2D eigenvalue weighted by molar-refractivity contribution is 5.86. The molecule has 90 valence electrons. The van der Waals surface area contributed by atoms with Crippen LogP contribution in [0.1, 0.15) is 30.9 Å². The molecule has 0 aliphatic heterocycles. The van der Waals surface area contributed by atoms with Gasteiger partial charge in [-0.05, 0) is 18.4 Å². The lowest BCUT2D eigenvalue weighted by Crippen LogP contribution is -2.39. The summed E-state index contributed by atoms with van der Waals surface area (Å²) in [5.41, 5.74) is 0.604. The molecule has 2 rings (SSSR count). The highest BCUT2D eigenvalue weighted by Crippen LogP contribution is 2.27. The maximum atomic E-state index is 11.7. The molecule has 0 spiro atoms. The van der Waals surface area contributed by atoms with Crippen LogP contribution in [0.15, 0.2) is 30.3 Å². The molecule has 0 aromatic heterocycles. The Morgan fingerprint density at radius 1 is 1.24 bits per heavy atom. The summed E-state index contributed by atoms with van der Waals surface area (Å²) in [6, 6.07) is 7.82. The minimum absolute atomic E-state index is 0.000521. The number of aliphatic carboxylic acids is 1. The fourth-order valence-electron chi connectivity index (χ4n) is 1.86. The molecule has 0 heterocycles. The SMILES string of the molecule is O=C(NC(C(=O)O)c1ccccc1)C1CCC1. The fraction of sp³-hybridized carbons (Fsp3) is 0.385. The van der Waals surface area contributed by atoms with Crippen LogP contribution < -0.4 is 5.32 Å². The molecular weight excluding hydrogens is 218 g/mol. The van der Waals surface area contributed by atoms with Crippen molar-refractivity contribution in [2.24, 2.45) is 5.92 Å². The van der Waals surface area contributed by atoms with Gasteiger partial charge in [-0.15, -0.1) is 0 Å². The first kappa shape index (κ1) is 11.6. The summed E-state index contributed by atoms with van der Waals surface area (Å²) < 4.78 is 0. The van der Waals surface area contributed by atoms with E-state index in [0.717, 1.165) is 19.3 Å². The molecule has 0 saturated heterocycles. The molecule has 1 atom stereocenters. The van der Waals surface area contributed by atoms with Crippen molar-refractivity contribution in [2.75, 3.05) is 0 Å². The number of carboxylic acids is 1. The zero-order chi connectivity index (χ0) is 12.3. The summed E-state index contributed by atoms with van der Waals surface area (Å²) >= 11 is 0. The molecule has 1 amide bonds. The van der Waals surface area contributed by atoms with Crippen LogP contribution in [0.2, 0.25) is 0 Å². The lowest BCUT2D eigenvalue weighted by atomic mass is 9.84. The van der Waals surface area contributed by atoms with Gasteiger partial charge >= 0.3 is 5.97 Å². The van der Waals surface area contributed by atoms with Gasteiger partial charge in [0.2, 0.25) is 5.91 Å². The maximum Gasteiger partial charge on any atom is 0.330 e. The molecular formula is C13H15NO3. The van der Waals surface area contributed by atoms with Gasteiger partial charge in [0.1, 0.15) is 0 Å². The van der Waals surface area contributed by atoms with Gasteiger partial charge in [0.05, 0.1) is 0 Å². The van der Waals surface area contributed by atoms with Crippen LogP contribution in [0.25, 0.3) is 0 Å². The minimum Gasteiger partial charge on any atom is -0.479 e. The van der Waals surface area contributed by atoms with Crippen LogP contribution >= 0.6 is 0 Å². The Bertz CT molecular complexity index is 412. The van der Waals surface area contributed by atoms with Gasteiger partial charge in [0.25, 0.3) is 0 Å². The van der Waals surface area contributed by atoms with E-state index in [2.05, 4.69) is 5.32 Å². The molecule has 17 heavy (non-hydrogen) atoms. The van der Waals surface area contributed by atoms with E-state index in [1.165, 1.54) is 0 Å². The summed E-state index contributed by atoms with van der Waals surface area (Å²) in [5.74, 6) is -1.17. The predicted octanol–water partition coefficient (Wildman–Crippen LogP) is 1.73. The lowest BCUT2D eigenvalue weighted by molar-refractivity contribution is -0.143. The van der Waals surface area contributed by atoms with E-state index < -0.39 is 12.0 Å². The predicted molar refractivity (Wildman–Crippen MR) is 62.3 cm³/mol. The largest absolute Gasteiger partial charge is 0.479 e. The third-order valence-corrected chi connectivity index (χ3v) is 3.14. The molecule has 4 heteroatoms. The Morgan fingerprint density at radius 3 is 2.35 bits per heavy atom. The number of hydrogen-bond acceptors (Lipinski definition) is 2. The first-order chi connectivity index (χ1) is 8.18. The first-order valence-corrected chi connectivity index (χ1v) is 5.76. The standard InChI is InChI=1S/C13H15NO3/c15-12(10-7-4-8-10)14-11(13(16)17)9-5-2-1-3-6-9/h1-3,5-6,10-11H,4,7-8H2,(H,14,15)(H,16,17). The molecule has 1 aliphatic rings. The number of carboxylic acid groups (broad SMARTS) is 1. The Hall–Kier alpha value is -1.84.